The highest BCUT2D eigenvalue weighted by atomic mass is 19.4. The molecule has 4 nitrogen and oxygen atoms in total. The summed E-state index contributed by atoms with van der Waals surface area (Å²) in [5, 5.41) is 2.57. The smallest absolute Gasteiger partial charge is 0.359 e. The van der Waals surface area contributed by atoms with Crippen LogP contribution in [-0.2, 0) is 22.2 Å². The molecule has 0 spiro atoms. The van der Waals surface area contributed by atoms with Crippen molar-refractivity contribution in [2.24, 2.45) is 5.92 Å². The first-order valence-corrected chi connectivity index (χ1v) is 7.46. The zero-order chi connectivity index (χ0) is 17.0. The zero-order valence-electron chi connectivity index (χ0n) is 12.8. The highest BCUT2D eigenvalue weighted by Gasteiger charge is 2.31. The van der Waals surface area contributed by atoms with Crippen molar-refractivity contribution in [3.8, 4) is 0 Å². The zero-order valence-corrected chi connectivity index (χ0v) is 12.8. The fourth-order valence-corrected chi connectivity index (χ4v) is 2.77. The predicted octanol–water partition coefficient (Wildman–Crippen LogP) is 2.23. The van der Waals surface area contributed by atoms with E-state index in [2.05, 4.69) is 5.32 Å². The first kappa shape index (κ1) is 17.3. The predicted molar refractivity (Wildman–Crippen MR) is 78.5 cm³/mol. The SMILES string of the molecule is CNC(=O)C1CCCN(C(=O)Cc2cccc(C(F)(F)F)c2)C1. The molecule has 7 heteroatoms. The fraction of sp³-hybridized carbons (Fsp3) is 0.500. The van der Waals surface area contributed by atoms with Gasteiger partial charge in [0.15, 0.2) is 0 Å². The monoisotopic (exact) mass is 328 g/mol. The number of rotatable bonds is 3. The van der Waals surface area contributed by atoms with E-state index in [0.717, 1.165) is 12.1 Å². The van der Waals surface area contributed by atoms with E-state index in [4.69, 9.17) is 0 Å². The molecule has 1 aromatic carbocycles. The fourth-order valence-electron chi connectivity index (χ4n) is 2.77. The number of piperidine rings is 1. The molecule has 126 valence electrons. The lowest BCUT2D eigenvalue weighted by atomic mass is 9.96. The highest BCUT2D eigenvalue weighted by Crippen LogP contribution is 2.29. The number of amides is 2. The van der Waals surface area contributed by atoms with Crippen molar-refractivity contribution >= 4 is 11.8 Å². The van der Waals surface area contributed by atoms with Gasteiger partial charge in [0.05, 0.1) is 17.9 Å². The lowest BCUT2D eigenvalue weighted by Crippen LogP contribution is -2.45. The molecule has 1 unspecified atom stereocenters. The lowest BCUT2D eigenvalue weighted by molar-refractivity contribution is -0.138. The van der Waals surface area contributed by atoms with Crippen LogP contribution in [0.25, 0.3) is 0 Å². The number of halogens is 3. The van der Waals surface area contributed by atoms with Crippen LogP contribution < -0.4 is 5.32 Å². The molecule has 1 N–H and O–H groups in total. The average molecular weight is 328 g/mol. The van der Waals surface area contributed by atoms with Crippen LogP contribution in [0.4, 0.5) is 13.2 Å². The maximum absolute atomic E-state index is 12.7. The van der Waals surface area contributed by atoms with Crippen molar-refractivity contribution in [2.45, 2.75) is 25.4 Å². The molecule has 2 amide bonds. The van der Waals surface area contributed by atoms with Crippen LogP contribution in [-0.4, -0.2) is 36.9 Å². The van der Waals surface area contributed by atoms with Gasteiger partial charge < -0.3 is 10.2 Å². The van der Waals surface area contributed by atoms with Crippen molar-refractivity contribution in [2.75, 3.05) is 20.1 Å². The first-order chi connectivity index (χ1) is 10.8. The lowest BCUT2D eigenvalue weighted by Gasteiger charge is -2.32. The number of nitrogens with zero attached hydrogens (tertiary/aromatic N) is 1. The van der Waals surface area contributed by atoms with Crippen LogP contribution in [0.3, 0.4) is 0 Å². The van der Waals surface area contributed by atoms with E-state index in [9.17, 15) is 22.8 Å². The topological polar surface area (TPSA) is 49.4 Å². The van der Waals surface area contributed by atoms with Gasteiger partial charge in [0.1, 0.15) is 0 Å². The molecule has 1 heterocycles. The van der Waals surface area contributed by atoms with Gasteiger partial charge in [-0.1, -0.05) is 18.2 Å². The molecule has 0 bridgehead atoms. The molecule has 1 aliphatic rings. The molecule has 2 rings (SSSR count). The van der Waals surface area contributed by atoms with Crippen LogP contribution in [0.5, 0.6) is 0 Å². The number of carbonyl (C=O) groups is 2. The summed E-state index contributed by atoms with van der Waals surface area (Å²) in [4.78, 5) is 25.5. The number of hydrogen-bond acceptors (Lipinski definition) is 2. The maximum Gasteiger partial charge on any atom is 0.416 e. The van der Waals surface area contributed by atoms with Crippen molar-refractivity contribution in [3.05, 3.63) is 35.4 Å². The second kappa shape index (κ2) is 7.02. The number of benzene rings is 1. The van der Waals surface area contributed by atoms with E-state index in [1.807, 2.05) is 0 Å². The summed E-state index contributed by atoms with van der Waals surface area (Å²) in [7, 11) is 1.55. The van der Waals surface area contributed by atoms with Crippen molar-refractivity contribution < 1.29 is 22.8 Å². The number of alkyl halides is 3. The van der Waals surface area contributed by atoms with Crippen LogP contribution >= 0.6 is 0 Å². The Morgan fingerprint density at radius 3 is 2.74 bits per heavy atom. The Morgan fingerprint density at radius 1 is 1.35 bits per heavy atom. The van der Waals surface area contributed by atoms with Gasteiger partial charge in [0.2, 0.25) is 11.8 Å². The van der Waals surface area contributed by atoms with Crippen molar-refractivity contribution in [1.82, 2.24) is 10.2 Å². The van der Waals surface area contributed by atoms with Gasteiger partial charge in [-0.3, -0.25) is 9.59 Å². The molecule has 23 heavy (non-hydrogen) atoms. The summed E-state index contributed by atoms with van der Waals surface area (Å²) in [6, 6.07) is 4.79. The van der Waals surface area contributed by atoms with E-state index in [-0.39, 0.29) is 24.2 Å². The van der Waals surface area contributed by atoms with E-state index in [0.29, 0.717) is 31.5 Å². The molecular weight excluding hydrogens is 309 g/mol. The van der Waals surface area contributed by atoms with E-state index in [1.54, 1.807) is 11.9 Å². The molecule has 1 fully saturated rings. The summed E-state index contributed by atoms with van der Waals surface area (Å²) in [6.07, 6.45) is -3.09. The Balaban J connectivity index is 2.03. The number of likely N-dealkylation sites (tertiary alicyclic amines) is 1. The summed E-state index contributed by atoms with van der Waals surface area (Å²) in [6.45, 7) is 0.850. The Labute approximate surface area is 132 Å². The minimum atomic E-state index is -4.42. The summed E-state index contributed by atoms with van der Waals surface area (Å²) in [5.74, 6) is -0.612. The normalized spacial score (nSPS) is 18.6. The first-order valence-electron chi connectivity index (χ1n) is 7.46. The Morgan fingerprint density at radius 2 is 2.09 bits per heavy atom. The molecule has 1 aliphatic heterocycles. The molecule has 1 saturated heterocycles. The highest BCUT2D eigenvalue weighted by molar-refractivity contribution is 5.82. The molecular formula is C16H19F3N2O2. The van der Waals surface area contributed by atoms with Crippen LogP contribution in [0.1, 0.15) is 24.0 Å². The van der Waals surface area contributed by atoms with Gasteiger partial charge in [-0.2, -0.15) is 13.2 Å². The average Bonchev–Trinajstić information content (AvgIpc) is 2.53. The summed E-state index contributed by atoms with van der Waals surface area (Å²) < 4.78 is 38.1. The van der Waals surface area contributed by atoms with Gasteiger partial charge in [0, 0.05) is 20.1 Å². The Bertz CT molecular complexity index is 587. The van der Waals surface area contributed by atoms with Gasteiger partial charge >= 0.3 is 6.18 Å². The second-order valence-corrected chi connectivity index (χ2v) is 5.67. The van der Waals surface area contributed by atoms with E-state index in [1.165, 1.54) is 12.1 Å². The largest absolute Gasteiger partial charge is 0.416 e. The van der Waals surface area contributed by atoms with Crippen molar-refractivity contribution in [3.63, 3.8) is 0 Å². The molecule has 0 radical (unpaired) electrons. The molecule has 0 aromatic heterocycles. The number of hydrogen-bond donors (Lipinski definition) is 1. The second-order valence-electron chi connectivity index (χ2n) is 5.67. The van der Waals surface area contributed by atoms with Gasteiger partial charge in [0.25, 0.3) is 0 Å². The third-order valence-corrected chi connectivity index (χ3v) is 4.00. The van der Waals surface area contributed by atoms with Gasteiger partial charge in [-0.15, -0.1) is 0 Å². The Hall–Kier alpha value is -2.05. The van der Waals surface area contributed by atoms with Crippen molar-refractivity contribution in [1.29, 1.82) is 0 Å². The standard InChI is InChI=1S/C16H19F3N2O2/c1-20-15(23)12-5-3-7-21(10-12)14(22)9-11-4-2-6-13(8-11)16(17,18)19/h2,4,6,8,12H,3,5,7,9-10H2,1H3,(H,20,23). The summed E-state index contributed by atoms with van der Waals surface area (Å²) in [5.41, 5.74) is -0.434. The third-order valence-electron chi connectivity index (χ3n) is 4.00. The number of carbonyl (C=O) groups excluding carboxylic acids is 2. The van der Waals surface area contributed by atoms with E-state index < -0.39 is 11.7 Å². The molecule has 0 aliphatic carbocycles. The maximum atomic E-state index is 12.7. The quantitative estimate of drug-likeness (QED) is 0.925. The van der Waals surface area contributed by atoms with Gasteiger partial charge in [-0.25, -0.2) is 0 Å². The van der Waals surface area contributed by atoms with Gasteiger partial charge in [-0.05, 0) is 24.5 Å². The third kappa shape index (κ3) is 4.46. The summed E-state index contributed by atoms with van der Waals surface area (Å²) >= 11 is 0. The molecule has 1 aromatic rings. The molecule has 0 saturated carbocycles. The minimum absolute atomic E-state index is 0.0929. The van der Waals surface area contributed by atoms with Crippen LogP contribution in [0.15, 0.2) is 24.3 Å². The molecule has 1 atom stereocenters. The van der Waals surface area contributed by atoms with Crippen LogP contribution in [0, 0.1) is 5.92 Å². The van der Waals surface area contributed by atoms with E-state index >= 15 is 0 Å². The van der Waals surface area contributed by atoms with Crippen LogP contribution in [0.2, 0.25) is 0 Å². The number of nitrogens with one attached hydrogen (secondary N) is 1. The Kier molecular flexibility index (Phi) is 5.28. The minimum Gasteiger partial charge on any atom is -0.359 e.